The number of benzene rings is 2. The molecule has 5 heteroatoms. The van der Waals surface area contributed by atoms with E-state index in [0.717, 1.165) is 41.2 Å². The first-order valence-electron chi connectivity index (χ1n) is 8.94. The van der Waals surface area contributed by atoms with Crippen LogP contribution in [0.15, 0.2) is 42.5 Å². The van der Waals surface area contributed by atoms with Crippen molar-refractivity contribution < 1.29 is 9.59 Å². The maximum absolute atomic E-state index is 12.6. The summed E-state index contributed by atoms with van der Waals surface area (Å²) >= 11 is 0. The summed E-state index contributed by atoms with van der Waals surface area (Å²) in [6, 6.07) is 13.6. The number of ketones is 1. The Morgan fingerprint density at radius 3 is 2.00 bits per heavy atom. The highest BCUT2D eigenvalue weighted by Gasteiger charge is 2.22. The van der Waals surface area contributed by atoms with Crippen molar-refractivity contribution in [1.29, 1.82) is 0 Å². The molecule has 1 N–H and O–H groups in total. The lowest BCUT2D eigenvalue weighted by molar-refractivity contribution is 0.101. The maximum atomic E-state index is 12.6. The zero-order valence-corrected chi connectivity index (χ0v) is 15.6. The Labute approximate surface area is 154 Å². The molecule has 1 fully saturated rings. The number of nitrogens with one attached hydrogen (secondary N) is 1. The van der Waals surface area contributed by atoms with Gasteiger partial charge in [0.15, 0.2) is 5.78 Å². The largest absolute Gasteiger partial charge is 0.368 e. The third-order valence-corrected chi connectivity index (χ3v) is 4.92. The molecular formula is C21H25N3O2. The average Bonchev–Trinajstić information content (AvgIpc) is 2.65. The number of carbonyl (C=O) groups is 2. The van der Waals surface area contributed by atoms with Crippen LogP contribution in [0.3, 0.4) is 0 Å². The average molecular weight is 351 g/mol. The fourth-order valence-electron chi connectivity index (χ4n) is 3.27. The fourth-order valence-corrected chi connectivity index (χ4v) is 3.27. The second kappa shape index (κ2) is 7.60. The zero-order chi connectivity index (χ0) is 18.7. The Balaban J connectivity index is 1.59. The fraction of sp³-hybridized carbons (Fsp3) is 0.333. The number of para-hydroxylation sites is 1. The highest BCUT2D eigenvalue weighted by molar-refractivity contribution is 5.94. The summed E-state index contributed by atoms with van der Waals surface area (Å²) in [7, 11) is 0. The summed E-state index contributed by atoms with van der Waals surface area (Å²) in [5.74, 6) is 0.0736. The molecule has 136 valence electrons. The third-order valence-electron chi connectivity index (χ3n) is 4.92. The van der Waals surface area contributed by atoms with Gasteiger partial charge in [0.05, 0.1) is 0 Å². The molecule has 0 bridgehead atoms. The van der Waals surface area contributed by atoms with Crippen LogP contribution in [0.1, 0.15) is 28.4 Å². The van der Waals surface area contributed by atoms with Gasteiger partial charge in [0.25, 0.3) is 0 Å². The van der Waals surface area contributed by atoms with E-state index in [-0.39, 0.29) is 11.8 Å². The van der Waals surface area contributed by atoms with E-state index >= 15 is 0 Å². The van der Waals surface area contributed by atoms with E-state index in [9.17, 15) is 9.59 Å². The van der Waals surface area contributed by atoms with Crippen LogP contribution in [0.5, 0.6) is 0 Å². The normalized spacial score (nSPS) is 14.3. The minimum atomic E-state index is -0.0472. The number of aryl methyl sites for hydroxylation is 2. The Kier molecular flexibility index (Phi) is 5.26. The maximum Gasteiger partial charge on any atom is 0.321 e. The Bertz CT molecular complexity index is 786. The van der Waals surface area contributed by atoms with Gasteiger partial charge in [-0.3, -0.25) is 4.79 Å². The van der Waals surface area contributed by atoms with Gasteiger partial charge in [0.1, 0.15) is 0 Å². The van der Waals surface area contributed by atoms with Gasteiger partial charge in [-0.2, -0.15) is 0 Å². The van der Waals surface area contributed by atoms with E-state index in [0.29, 0.717) is 13.1 Å². The van der Waals surface area contributed by atoms with Crippen molar-refractivity contribution in [3.05, 3.63) is 59.2 Å². The molecule has 0 unspecified atom stereocenters. The van der Waals surface area contributed by atoms with E-state index in [1.807, 2.05) is 61.2 Å². The molecule has 0 saturated carbocycles. The summed E-state index contributed by atoms with van der Waals surface area (Å²) in [5.41, 5.74) is 4.86. The Morgan fingerprint density at radius 1 is 0.885 bits per heavy atom. The van der Waals surface area contributed by atoms with Gasteiger partial charge in [-0.05, 0) is 56.2 Å². The number of anilines is 2. The van der Waals surface area contributed by atoms with Crippen LogP contribution >= 0.6 is 0 Å². The van der Waals surface area contributed by atoms with E-state index in [4.69, 9.17) is 0 Å². The molecule has 5 nitrogen and oxygen atoms in total. The molecule has 2 amide bonds. The van der Waals surface area contributed by atoms with Crippen LogP contribution < -0.4 is 10.2 Å². The highest BCUT2D eigenvalue weighted by atomic mass is 16.2. The predicted octanol–water partition coefficient (Wildman–Crippen LogP) is 3.86. The molecule has 0 radical (unpaired) electrons. The quantitative estimate of drug-likeness (QED) is 0.855. The SMILES string of the molecule is CC(=O)c1ccc(N2CCN(C(=O)Nc3c(C)cccc3C)CC2)cc1. The second-order valence-electron chi connectivity index (χ2n) is 6.77. The number of urea groups is 1. The zero-order valence-electron chi connectivity index (χ0n) is 15.6. The van der Waals surface area contributed by atoms with E-state index in [1.165, 1.54) is 0 Å². The first-order valence-corrected chi connectivity index (χ1v) is 8.94. The minimum Gasteiger partial charge on any atom is -0.368 e. The summed E-state index contributed by atoms with van der Waals surface area (Å²) < 4.78 is 0. The van der Waals surface area contributed by atoms with Crippen LogP contribution in [0, 0.1) is 13.8 Å². The molecule has 1 aliphatic heterocycles. The van der Waals surface area contributed by atoms with Crippen LogP contribution in [-0.2, 0) is 0 Å². The second-order valence-corrected chi connectivity index (χ2v) is 6.77. The van der Waals surface area contributed by atoms with E-state index in [1.54, 1.807) is 6.92 Å². The molecule has 26 heavy (non-hydrogen) atoms. The summed E-state index contributed by atoms with van der Waals surface area (Å²) in [4.78, 5) is 28.1. The molecule has 0 aliphatic carbocycles. The van der Waals surface area contributed by atoms with Crippen molar-refractivity contribution in [3.8, 4) is 0 Å². The van der Waals surface area contributed by atoms with Crippen LogP contribution in [-0.4, -0.2) is 42.9 Å². The predicted molar refractivity (Wildman–Crippen MR) is 105 cm³/mol. The van der Waals surface area contributed by atoms with Gasteiger partial charge in [-0.15, -0.1) is 0 Å². The van der Waals surface area contributed by atoms with Crippen molar-refractivity contribution in [2.24, 2.45) is 0 Å². The number of piperazine rings is 1. The third kappa shape index (κ3) is 3.87. The molecule has 2 aromatic rings. The lowest BCUT2D eigenvalue weighted by Crippen LogP contribution is -2.50. The van der Waals surface area contributed by atoms with Gasteiger partial charge in [-0.25, -0.2) is 4.79 Å². The van der Waals surface area contributed by atoms with Crippen molar-refractivity contribution in [2.45, 2.75) is 20.8 Å². The number of nitrogens with zero attached hydrogens (tertiary/aromatic N) is 2. The van der Waals surface area contributed by atoms with Crippen molar-refractivity contribution in [3.63, 3.8) is 0 Å². The molecule has 1 aliphatic rings. The smallest absolute Gasteiger partial charge is 0.321 e. The number of carbonyl (C=O) groups excluding carboxylic acids is 2. The molecule has 2 aromatic carbocycles. The number of hydrogen-bond donors (Lipinski definition) is 1. The van der Waals surface area contributed by atoms with Crippen LogP contribution in [0.25, 0.3) is 0 Å². The van der Waals surface area contributed by atoms with Crippen LogP contribution in [0.2, 0.25) is 0 Å². The summed E-state index contributed by atoms with van der Waals surface area (Å²) in [5, 5.41) is 3.05. The Hall–Kier alpha value is -2.82. The minimum absolute atomic E-state index is 0.0472. The summed E-state index contributed by atoms with van der Waals surface area (Å²) in [6.07, 6.45) is 0. The van der Waals surface area contributed by atoms with Gasteiger partial charge in [0, 0.05) is 43.1 Å². The molecule has 0 spiro atoms. The standard InChI is InChI=1S/C21H25N3O2/c1-15-5-4-6-16(2)20(15)22-21(26)24-13-11-23(12-14-24)19-9-7-18(8-10-19)17(3)25/h4-10H,11-14H2,1-3H3,(H,22,26). The van der Waals surface area contributed by atoms with E-state index in [2.05, 4.69) is 10.2 Å². The number of amides is 2. The molecule has 1 saturated heterocycles. The molecule has 3 rings (SSSR count). The molecule has 0 aromatic heterocycles. The Morgan fingerprint density at radius 2 is 1.46 bits per heavy atom. The van der Waals surface area contributed by atoms with Gasteiger partial charge in [-0.1, -0.05) is 18.2 Å². The van der Waals surface area contributed by atoms with Crippen molar-refractivity contribution in [2.75, 3.05) is 36.4 Å². The molecule has 1 heterocycles. The lowest BCUT2D eigenvalue weighted by Gasteiger charge is -2.36. The first kappa shape index (κ1) is 18.0. The van der Waals surface area contributed by atoms with Crippen LogP contribution in [0.4, 0.5) is 16.2 Å². The van der Waals surface area contributed by atoms with Gasteiger partial charge < -0.3 is 15.1 Å². The lowest BCUT2D eigenvalue weighted by atomic mass is 10.1. The van der Waals surface area contributed by atoms with Crippen molar-refractivity contribution >= 4 is 23.2 Å². The number of hydrogen-bond acceptors (Lipinski definition) is 3. The first-order chi connectivity index (χ1) is 12.5. The number of rotatable bonds is 3. The van der Waals surface area contributed by atoms with E-state index < -0.39 is 0 Å². The monoisotopic (exact) mass is 351 g/mol. The van der Waals surface area contributed by atoms with Gasteiger partial charge >= 0.3 is 6.03 Å². The number of Topliss-reactive ketones (excluding diaryl/α,β-unsaturated/α-hetero) is 1. The molecule has 0 atom stereocenters. The highest BCUT2D eigenvalue weighted by Crippen LogP contribution is 2.21. The topological polar surface area (TPSA) is 52.7 Å². The molecular weight excluding hydrogens is 326 g/mol. The summed E-state index contributed by atoms with van der Waals surface area (Å²) in [6.45, 7) is 8.48. The van der Waals surface area contributed by atoms with Crippen molar-refractivity contribution in [1.82, 2.24) is 4.90 Å². The van der Waals surface area contributed by atoms with Gasteiger partial charge in [0.2, 0.25) is 0 Å².